The number of para-hydroxylation sites is 1. The number of nitrogens with zero attached hydrogens (tertiary/aromatic N) is 1. The van der Waals surface area contributed by atoms with Gasteiger partial charge in [-0.05, 0) is 47.7 Å². The molecule has 142 valence electrons. The van der Waals surface area contributed by atoms with Crippen molar-refractivity contribution < 1.29 is 23.7 Å². The first-order valence-corrected chi connectivity index (χ1v) is 8.99. The summed E-state index contributed by atoms with van der Waals surface area (Å²) in [4.78, 5) is 14.9. The van der Waals surface area contributed by atoms with Gasteiger partial charge in [0, 0.05) is 13.6 Å². The van der Waals surface area contributed by atoms with Crippen LogP contribution in [0, 0.1) is 0 Å². The van der Waals surface area contributed by atoms with Crippen LogP contribution >= 0.6 is 0 Å². The summed E-state index contributed by atoms with van der Waals surface area (Å²) in [7, 11) is 5.09. The van der Waals surface area contributed by atoms with Gasteiger partial charge < -0.3 is 23.8 Å². The number of hydrogen-bond donors (Lipinski definition) is 0. The lowest BCUT2D eigenvalue weighted by Gasteiger charge is -2.22. The number of methoxy groups -OCH3 is 2. The number of carbonyl (C=O) groups is 1. The van der Waals surface area contributed by atoms with Crippen LogP contribution < -0.4 is 18.9 Å². The van der Waals surface area contributed by atoms with Crippen molar-refractivity contribution in [2.24, 2.45) is 0 Å². The summed E-state index contributed by atoms with van der Waals surface area (Å²) >= 11 is 0. The van der Waals surface area contributed by atoms with Crippen molar-refractivity contribution in [2.75, 3.05) is 34.6 Å². The molecule has 2 aromatic carbocycles. The van der Waals surface area contributed by atoms with Gasteiger partial charge in [0.2, 0.25) is 12.7 Å². The Morgan fingerprint density at radius 3 is 2.70 bits per heavy atom. The Kier molecular flexibility index (Phi) is 4.56. The summed E-state index contributed by atoms with van der Waals surface area (Å²) in [5, 5.41) is 0. The molecule has 1 atom stereocenters. The Morgan fingerprint density at radius 1 is 1.15 bits per heavy atom. The second-order valence-electron chi connectivity index (χ2n) is 6.82. The molecule has 0 aliphatic carbocycles. The molecular weight excluding hydrogens is 346 g/mol. The first-order valence-electron chi connectivity index (χ1n) is 8.99. The van der Waals surface area contributed by atoms with E-state index in [1.807, 2.05) is 37.4 Å². The minimum Gasteiger partial charge on any atom is -0.493 e. The van der Waals surface area contributed by atoms with Crippen LogP contribution in [0.2, 0.25) is 0 Å². The minimum atomic E-state index is -0.317. The predicted octanol–water partition coefficient (Wildman–Crippen LogP) is 2.77. The third kappa shape index (κ3) is 3.05. The molecule has 2 aliphatic rings. The monoisotopic (exact) mass is 369 g/mol. The maximum absolute atomic E-state index is 13.1. The van der Waals surface area contributed by atoms with E-state index in [1.54, 1.807) is 19.1 Å². The summed E-state index contributed by atoms with van der Waals surface area (Å²) < 4.78 is 22.1. The molecule has 0 spiro atoms. The molecule has 0 saturated carbocycles. The highest BCUT2D eigenvalue weighted by molar-refractivity contribution is 5.85. The predicted molar refractivity (Wildman–Crippen MR) is 99.9 cm³/mol. The van der Waals surface area contributed by atoms with E-state index in [1.165, 1.54) is 0 Å². The highest BCUT2D eigenvalue weighted by Crippen LogP contribution is 2.41. The number of ether oxygens (including phenoxy) is 4. The average molecular weight is 369 g/mol. The molecule has 4 rings (SSSR count). The highest BCUT2D eigenvalue weighted by Gasteiger charge is 2.32. The smallest absolute Gasteiger partial charge is 0.231 e. The molecular formula is C21H23NO5. The van der Waals surface area contributed by atoms with Crippen LogP contribution in [0.25, 0.3) is 0 Å². The molecule has 2 aliphatic heterocycles. The number of likely N-dealkylation sites (N-methyl/N-ethyl adjacent to an activating group) is 1. The Hall–Kier alpha value is -2.89. The summed E-state index contributed by atoms with van der Waals surface area (Å²) in [6.07, 6.45) is 1.32. The Balaban J connectivity index is 1.79. The fourth-order valence-corrected chi connectivity index (χ4v) is 3.84. The molecule has 0 saturated heterocycles. The molecule has 2 aromatic rings. The molecule has 0 aromatic heterocycles. The SMILES string of the molecule is COc1cc2c(cc1OC)C(Cc1cccc3c1OCO3)C(=O)N(C)CC2. The molecule has 1 amide bonds. The van der Waals surface area contributed by atoms with Crippen molar-refractivity contribution in [2.45, 2.75) is 18.8 Å². The van der Waals surface area contributed by atoms with Crippen molar-refractivity contribution in [1.82, 2.24) is 4.90 Å². The maximum Gasteiger partial charge on any atom is 0.231 e. The van der Waals surface area contributed by atoms with E-state index in [9.17, 15) is 4.79 Å². The quantitative estimate of drug-likeness (QED) is 0.830. The first-order chi connectivity index (χ1) is 13.1. The number of carbonyl (C=O) groups excluding carboxylic acids is 1. The molecule has 6 heteroatoms. The lowest BCUT2D eigenvalue weighted by Crippen LogP contribution is -2.31. The van der Waals surface area contributed by atoms with Crippen LogP contribution in [-0.4, -0.2) is 45.4 Å². The standard InChI is InChI=1S/C21H23NO5/c1-22-8-7-13-10-18(24-2)19(25-3)11-15(13)16(21(22)23)9-14-5-4-6-17-20(14)27-12-26-17/h4-6,10-11,16H,7-9,12H2,1-3H3. The largest absolute Gasteiger partial charge is 0.493 e. The Labute approximate surface area is 158 Å². The van der Waals surface area contributed by atoms with Gasteiger partial charge in [0.15, 0.2) is 23.0 Å². The molecule has 27 heavy (non-hydrogen) atoms. The van der Waals surface area contributed by atoms with Gasteiger partial charge in [-0.1, -0.05) is 12.1 Å². The molecule has 1 unspecified atom stereocenters. The van der Waals surface area contributed by atoms with E-state index < -0.39 is 0 Å². The summed E-state index contributed by atoms with van der Waals surface area (Å²) in [6, 6.07) is 9.74. The fourth-order valence-electron chi connectivity index (χ4n) is 3.84. The molecule has 0 N–H and O–H groups in total. The van der Waals surface area contributed by atoms with Crippen LogP contribution in [-0.2, 0) is 17.6 Å². The highest BCUT2D eigenvalue weighted by atomic mass is 16.7. The Morgan fingerprint density at radius 2 is 1.93 bits per heavy atom. The van der Waals surface area contributed by atoms with Gasteiger partial charge in [0.05, 0.1) is 20.1 Å². The molecule has 2 heterocycles. The summed E-state index contributed by atoms with van der Waals surface area (Å²) in [6.45, 7) is 0.886. The molecule has 6 nitrogen and oxygen atoms in total. The molecule has 0 radical (unpaired) electrons. The van der Waals surface area contributed by atoms with Crippen molar-refractivity contribution in [3.8, 4) is 23.0 Å². The molecule has 0 bridgehead atoms. The van der Waals surface area contributed by atoms with E-state index in [-0.39, 0.29) is 18.6 Å². The van der Waals surface area contributed by atoms with E-state index >= 15 is 0 Å². The second kappa shape index (κ2) is 7.02. The van der Waals surface area contributed by atoms with Crippen LogP contribution in [0.5, 0.6) is 23.0 Å². The number of fused-ring (bicyclic) bond motifs is 2. The van der Waals surface area contributed by atoms with Gasteiger partial charge in [-0.3, -0.25) is 4.79 Å². The van der Waals surface area contributed by atoms with Crippen LogP contribution in [0.4, 0.5) is 0 Å². The van der Waals surface area contributed by atoms with Gasteiger partial charge in [-0.15, -0.1) is 0 Å². The van der Waals surface area contributed by atoms with Crippen LogP contribution in [0.1, 0.15) is 22.6 Å². The van der Waals surface area contributed by atoms with Gasteiger partial charge in [-0.25, -0.2) is 0 Å². The Bertz CT molecular complexity index is 879. The molecule has 0 fully saturated rings. The van der Waals surface area contributed by atoms with Gasteiger partial charge in [-0.2, -0.15) is 0 Å². The van der Waals surface area contributed by atoms with Crippen LogP contribution in [0.3, 0.4) is 0 Å². The lowest BCUT2D eigenvalue weighted by molar-refractivity contribution is -0.131. The number of hydrogen-bond acceptors (Lipinski definition) is 5. The lowest BCUT2D eigenvalue weighted by atomic mass is 9.87. The van der Waals surface area contributed by atoms with E-state index in [2.05, 4.69) is 0 Å². The second-order valence-corrected chi connectivity index (χ2v) is 6.82. The van der Waals surface area contributed by atoms with Crippen molar-refractivity contribution >= 4 is 5.91 Å². The summed E-state index contributed by atoms with van der Waals surface area (Å²) in [5.74, 6) is 2.56. The van der Waals surface area contributed by atoms with Gasteiger partial charge >= 0.3 is 0 Å². The number of benzene rings is 2. The first kappa shape index (κ1) is 17.5. The van der Waals surface area contributed by atoms with Crippen molar-refractivity contribution in [3.05, 3.63) is 47.0 Å². The third-order valence-electron chi connectivity index (χ3n) is 5.31. The third-order valence-corrected chi connectivity index (χ3v) is 5.31. The van der Waals surface area contributed by atoms with E-state index in [0.717, 1.165) is 34.6 Å². The van der Waals surface area contributed by atoms with Gasteiger partial charge in [0.1, 0.15) is 0 Å². The number of rotatable bonds is 4. The fraction of sp³-hybridized carbons (Fsp3) is 0.381. The van der Waals surface area contributed by atoms with E-state index in [0.29, 0.717) is 24.5 Å². The minimum absolute atomic E-state index is 0.0949. The zero-order chi connectivity index (χ0) is 19.0. The van der Waals surface area contributed by atoms with E-state index in [4.69, 9.17) is 18.9 Å². The zero-order valence-corrected chi connectivity index (χ0v) is 15.8. The normalized spacial score (nSPS) is 18.1. The van der Waals surface area contributed by atoms with Crippen molar-refractivity contribution in [3.63, 3.8) is 0 Å². The zero-order valence-electron chi connectivity index (χ0n) is 15.8. The summed E-state index contributed by atoms with van der Waals surface area (Å²) in [5.41, 5.74) is 3.07. The topological polar surface area (TPSA) is 57.2 Å². The number of amides is 1. The average Bonchev–Trinajstić information content (AvgIpc) is 3.14. The van der Waals surface area contributed by atoms with Crippen molar-refractivity contribution in [1.29, 1.82) is 0 Å². The van der Waals surface area contributed by atoms with Gasteiger partial charge in [0.25, 0.3) is 0 Å². The maximum atomic E-state index is 13.1. The van der Waals surface area contributed by atoms with Crippen LogP contribution in [0.15, 0.2) is 30.3 Å².